The summed E-state index contributed by atoms with van der Waals surface area (Å²) in [5.41, 5.74) is 1.05. The van der Waals surface area contributed by atoms with Gasteiger partial charge in [0.15, 0.2) is 0 Å². The summed E-state index contributed by atoms with van der Waals surface area (Å²) in [6.07, 6.45) is 21.1. The van der Waals surface area contributed by atoms with E-state index in [2.05, 4.69) is 13.3 Å². The van der Waals surface area contributed by atoms with Crippen LogP contribution in [0.25, 0.3) is 0 Å². The highest BCUT2D eigenvalue weighted by Crippen LogP contribution is 2.15. The Morgan fingerprint density at radius 1 is 0.897 bits per heavy atom. The van der Waals surface area contributed by atoms with Gasteiger partial charge >= 0.3 is 0 Å². The van der Waals surface area contributed by atoms with Gasteiger partial charge in [0.2, 0.25) is 0 Å². The van der Waals surface area contributed by atoms with Gasteiger partial charge in [-0.05, 0) is 43.5 Å². The van der Waals surface area contributed by atoms with Gasteiger partial charge in [-0.15, -0.1) is 0 Å². The molecule has 0 saturated heterocycles. The van der Waals surface area contributed by atoms with Crippen molar-refractivity contribution >= 4 is 0 Å². The van der Waals surface area contributed by atoms with Gasteiger partial charge in [-0.3, -0.25) is 0 Å². The third kappa shape index (κ3) is 14.3. The fraction of sp³-hybridized carbons (Fsp3) is 0.692. The molecule has 0 unspecified atom stereocenters. The van der Waals surface area contributed by atoms with Gasteiger partial charge in [0, 0.05) is 0 Å². The molecule has 1 aromatic carbocycles. The maximum Gasteiger partial charge on any atom is 0.124 e. The average molecular weight is 403 g/mol. The maximum absolute atomic E-state index is 13.4. The van der Waals surface area contributed by atoms with Gasteiger partial charge in [-0.2, -0.15) is 5.26 Å². The van der Waals surface area contributed by atoms with Crippen molar-refractivity contribution in [1.82, 2.24) is 0 Å². The van der Waals surface area contributed by atoms with E-state index in [1.165, 1.54) is 95.6 Å². The smallest absolute Gasteiger partial charge is 0.124 e. The van der Waals surface area contributed by atoms with E-state index in [0.717, 1.165) is 6.42 Å². The zero-order valence-electron chi connectivity index (χ0n) is 18.7. The number of rotatable bonds is 18. The second-order valence-corrected chi connectivity index (χ2v) is 8.24. The number of ether oxygens (including phenoxy) is 1. The molecule has 0 spiro atoms. The molecule has 1 aromatic rings. The topological polar surface area (TPSA) is 33.0 Å². The minimum absolute atomic E-state index is 0.0427. The standard InChI is InChI=1S/C26H41FNO/c1-3-4-5-6-7-8-9-10-11-12-13-14-15-16-17-23(2)29-22-25-18-24(21-28)19-26(27)20-25/h17-20,23H,3-16,22H2,1-2H3/t23-/m1/s1. The molecule has 1 rings (SSSR count). The molecular formula is C26H41FNO. The molecule has 29 heavy (non-hydrogen) atoms. The van der Waals surface area contributed by atoms with Crippen LogP contribution in [0, 0.1) is 23.6 Å². The van der Waals surface area contributed by atoms with Gasteiger partial charge in [0.25, 0.3) is 0 Å². The van der Waals surface area contributed by atoms with Crippen molar-refractivity contribution in [2.45, 2.75) is 116 Å². The summed E-state index contributed by atoms with van der Waals surface area (Å²) in [5.74, 6) is -0.383. The SMILES string of the molecule is CCCCCCCCCCCCCCC[CH][C@@H](C)OCc1cc(F)cc(C#N)c1. The van der Waals surface area contributed by atoms with E-state index < -0.39 is 0 Å². The molecule has 0 aliphatic rings. The van der Waals surface area contributed by atoms with Crippen molar-refractivity contribution in [2.24, 2.45) is 0 Å². The van der Waals surface area contributed by atoms with E-state index in [1.54, 1.807) is 6.07 Å². The Hall–Kier alpha value is -1.40. The zero-order valence-corrected chi connectivity index (χ0v) is 18.7. The summed E-state index contributed by atoms with van der Waals surface area (Å²) in [4.78, 5) is 0. The fourth-order valence-electron chi connectivity index (χ4n) is 3.61. The summed E-state index contributed by atoms with van der Waals surface area (Å²) in [5, 5.41) is 8.90. The Bertz CT molecular complexity index is 566. The highest BCUT2D eigenvalue weighted by Gasteiger charge is 2.05. The number of benzene rings is 1. The first-order chi connectivity index (χ1) is 14.2. The van der Waals surface area contributed by atoms with Crippen molar-refractivity contribution < 1.29 is 9.13 Å². The van der Waals surface area contributed by atoms with E-state index in [0.29, 0.717) is 17.7 Å². The summed E-state index contributed by atoms with van der Waals surface area (Å²) in [6.45, 7) is 4.63. The predicted molar refractivity (Wildman–Crippen MR) is 120 cm³/mol. The van der Waals surface area contributed by atoms with Crippen LogP contribution in [0.1, 0.15) is 115 Å². The lowest BCUT2D eigenvalue weighted by Gasteiger charge is -2.13. The van der Waals surface area contributed by atoms with E-state index in [-0.39, 0.29) is 11.9 Å². The Balaban J connectivity index is 1.91. The first-order valence-corrected chi connectivity index (χ1v) is 11.8. The fourth-order valence-corrected chi connectivity index (χ4v) is 3.61. The Labute approximate surface area is 178 Å². The maximum atomic E-state index is 13.4. The lowest BCUT2D eigenvalue weighted by Crippen LogP contribution is -2.09. The Kier molecular flexibility index (Phi) is 15.4. The molecule has 1 radical (unpaired) electrons. The van der Waals surface area contributed by atoms with Crippen LogP contribution in [-0.4, -0.2) is 6.10 Å². The number of hydrogen-bond donors (Lipinski definition) is 0. The number of nitrogens with zero attached hydrogens (tertiary/aromatic N) is 1. The van der Waals surface area contributed by atoms with Crippen LogP contribution in [0.4, 0.5) is 4.39 Å². The number of unbranched alkanes of at least 4 members (excludes halogenated alkanes) is 13. The molecule has 0 saturated carbocycles. The summed E-state index contributed by atoms with van der Waals surface area (Å²) < 4.78 is 19.2. The normalized spacial score (nSPS) is 12.1. The van der Waals surface area contributed by atoms with Gasteiger partial charge in [-0.1, -0.05) is 90.4 Å². The van der Waals surface area contributed by atoms with Crippen molar-refractivity contribution in [1.29, 1.82) is 5.26 Å². The summed E-state index contributed by atoms with van der Waals surface area (Å²) in [7, 11) is 0. The lowest BCUT2D eigenvalue weighted by molar-refractivity contribution is 0.0714. The minimum Gasteiger partial charge on any atom is -0.374 e. The molecule has 0 fully saturated rings. The Morgan fingerprint density at radius 2 is 1.45 bits per heavy atom. The molecule has 0 aliphatic heterocycles. The van der Waals surface area contributed by atoms with E-state index in [9.17, 15) is 4.39 Å². The molecule has 0 N–H and O–H groups in total. The van der Waals surface area contributed by atoms with Gasteiger partial charge in [0.1, 0.15) is 5.82 Å². The first kappa shape index (κ1) is 25.6. The largest absolute Gasteiger partial charge is 0.374 e. The van der Waals surface area contributed by atoms with Crippen molar-refractivity contribution in [2.75, 3.05) is 0 Å². The molecule has 0 aromatic heterocycles. The molecule has 0 bridgehead atoms. The number of hydrogen-bond acceptors (Lipinski definition) is 2. The molecule has 163 valence electrons. The second-order valence-electron chi connectivity index (χ2n) is 8.24. The third-order valence-electron chi connectivity index (χ3n) is 5.41. The minimum atomic E-state index is -0.383. The van der Waals surface area contributed by atoms with Gasteiger partial charge in [-0.25, -0.2) is 4.39 Å². The molecule has 0 heterocycles. The third-order valence-corrected chi connectivity index (χ3v) is 5.41. The van der Waals surface area contributed by atoms with Crippen molar-refractivity contribution in [3.05, 3.63) is 41.6 Å². The first-order valence-electron chi connectivity index (χ1n) is 11.8. The van der Waals surface area contributed by atoms with Gasteiger partial charge < -0.3 is 4.74 Å². The second kappa shape index (κ2) is 17.5. The van der Waals surface area contributed by atoms with E-state index >= 15 is 0 Å². The highest BCUT2D eigenvalue weighted by molar-refractivity contribution is 5.33. The quantitative estimate of drug-likeness (QED) is 0.231. The van der Waals surface area contributed by atoms with E-state index in [4.69, 9.17) is 10.00 Å². The Morgan fingerprint density at radius 3 is 2.00 bits per heavy atom. The van der Waals surface area contributed by atoms with E-state index in [1.807, 2.05) is 13.0 Å². The van der Waals surface area contributed by atoms with Crippen molar-refractivity contribution in [3.8, 4) is 6.07 Å². The summed E-state index contributed by atoms with van der Waals surface area (Å²) in [6, 6.07) is 6.33. The van der Waals surface area contributed by atoms with Gasteiger partial charge in [0.05, 0.1) is 24.3 Å². The lowest BCUT2D eigenvalue weighted by atomic mass is 10.0. The van der Waals surface area contributed by atoms with Crippen LogP contribution in [0.15, 0.2) is 18.2 Å². The molecular weight excluding hydrogens is 361 g/mol. The predicted octanol–water partition coefficient (Wildman–Crippen LogP) is 8.29. The number of nitriles is 1. The van der Waals surface area contributed by atoms with Crippen LogP contribution < -0.4 is 0 Å². The highest BCUT2D eigenvalue weighted by atomic mass is 19.1. The zero-order chi connectivity index (χ0) is 21.2. The van der Waals surface area contributed by atoms with Crippen LogP contribution in [0.3, 0.4) is 0 Å². The van der Waals surface area contributed by atoms with Crippen LogP contribution >= 0.6 is 0 Å². The van der Waals surface area contributed by atoms with Crippen LogP contribution in [0.2, 0.25) is 0 Å². The average Bonchev–Trinajstić information content (AvgIpc) is 2.72. The molecule has 0 amide bonds. The van der Waals surface area contributed by atoms with Crippen LogP contribution in [-0.2, 0) is 11.3 Å². The number of halogens is 1. The summed E-state index contributed by atoms with van der Waals surface area (Å²) >= 11 is 0. The molecule has 1 atom stereocenters. The molecule has 0 aliphatic carbocycles. The molecule has 3 heteroatoms. The molecule has 2 nitrogen and oxygen atoms in total. The van der Waals surface area contributed by atoms with Crippen LogP contribution in [0.5, 0.6) is 0 Å². The monoisotopic (exact) mass is 402 g/mol. The van der Waals surface area contributed by atoms with Crippen molar-refractivity contribution in [3.63, 3.8) is 0 Å².